The molecule has 1 rings (SSSR count). The smallest absolute Gasteiger partial charge is 0.206 e. The van der Waals surface area contributed by atoms with E-state index in [1.54, 1.807) is 6.21 Å². The van der Waals surface area contributed by atoms with Gasteiger partial charge >= 0.3 is 0 Å². The normalized spacial score (nSPS) is 10.9. The van der Waals surface area contributed by atoms with Crippen LogP contribution in [0.5, 0.6) is 0 Å². The van der Waals surface area contributed by atoms with Crippen molar-refractivity contribution in [1.29, 1.82) is 5.41 Å². The van der Waals surface area contributed by atoms with E-state index in [2.05, 4.69) is 36.5 Å². The highest BCUT2D eigenvalue weighted by molar-refractivity contribution is 5.82. The van der Waals surface area contributed by atoms with Gasteiger partial charge in [0.2, 0.25) is 5.96 Å². The summed E-state index contributed by atoms with van der Waals surface area (Å²) in [6.07, 6.45) is 2.72. The van der Waals surface area contributed by atoms with Crippen LogP contribution in [0.1, 0.15) is 25.0 Å². The minimum absolute atomic E-state index is 0.158. The van der Waals surface area contributed by atoms with Crippen LogP contribution in [0.15, 0.2) is 29.4 Å². The molecule has 4 N–H and O–H groups in total. The third-order valence-corrected chi connectivity index (χ3v) is 1.99. The number of nitrogens with zero attached hydrogens (tertiary/aromatic N) is 1. The van der Waals surface area contributed by atoms with E-state index in [1.165, 1.54) is 5.56 Å². The second-order valence-corrected chi connectivity index (χ2v) is 4.13. The van der Waals surface area contributed by atoms with Gasteiger partial charge in [0.05, 0.1) is 6.21 Å². The zero-order chi connectivity index (χ0) is 12.0. The van der Waals surface area contributed by atoms with Crippen molar-refractivity contribution in [3.63, 3.8) is 0 Å². The summed E-state index contributed by atoms with van der Waals surface area (Å²) in [4.78, 5) is 0. The molecule has 1 aromatic carbocycles. The number of guanidine groups is 1. The van der Waals surface area contributed by atoms with Gasteiger partial charge in [0, 0.05) is 0 Å². The average Bonchev–Trinajstić information content (AvgIpc) is 2.16. The van der Waals surface area contributed by atoms with E-state index >= 15 is 0 Å². The highest BCUT2D eigenvalue weighted by Gasteiger charge is 1.97. The van der Waals surface area contributed by atoms with Crippen molar-refractivity contribution in [1.82, 2.24) is 5.43 Å². The number of hydrazone groups is 1. The van der Waals surface area contributed by atoms with Gasteiger partial charge in [0.1, 0.15) is 0 Å². The molecule has 0 spiro atoms. The zero-order valence-corrected chi connectivity index (χ0v) is 9.70. The molecule has 0 heterocycles. The van der Waals surface area contributed by atoms with Gasteiger partial charge in [-0.15, -0.1) is 0 Å². The van der Waals surface area contributed by atoms with E-state index in [0.717, 1.165) is 12.0 Å². The molecule has 0 aromatic heterocycles. The van der Waals surface area contributed by atoms with Crippen LogP contribution in [0.4, 0.5) is 0 Å². The summed E-state index contributed by atoms with van der Waals surface area (Å²) in [7, 11) is 0. The number of nitrogens with two attached hydrogens (primary N) is 1. The molecular formula is C12H18N4. The Kier molecular flexibility index (Phi) is 4.51. The minimum atomic E-state index is -0.158. The first kappa shape index (κ1) is 12.2. The van der Waals surface area contributed by atoms with Crippen LogP contribution in [0.25, 0.3) is 0 Å². The van der Waals surface area contributed by atoms with Crippen molar-refractivity contribution in [3.05, 3.63) is 35.4 Å². The van der Waals surface area contributed by atoms with Gasteiger partial charge in [-0.05, 0) is 23.5 Å². The van der Waals surface area contributed by atoms with Gasteiger partial charge in [0.15, 0.2) is 0 Å². The molecule has 1 aromatic rings. The molecule has 0 bridgehead atoms. The number of hydrogen-bond donors (Lipinski definition) is 3. The Morgan fingerprint density at radius 1 is 1.56 bits per heavy atom. The van der Waals surface area contributed by atoms with Gasteiger partial charge in [-0.1, -0.05) is 38.1 Å². The number of benzene rings is 1. The lowest BCUT2D eigenvalue weighted by atomic mass is 10.0. The zero-order valence-electron chi connectivity index (χ0n) is 9.70. The van der Waals surface area contributed by atoms with E-state index < -0.39 is 0 Å². The monoisotopic (exact) mass is 218 g/mol. The molecule has 0 aliphatic rings. The third-order valence-electron chi connectivity index (χ3n) is 1.99. The van der Waals surface area contributed by atoms with Crippen LogP contribution >= 0.6 is 0 Å². The molecule has 0 amide bonds. The lowest BCUT2D eigenvalue weighted by Crippen LogP contribution is -2.25. The molecule has 4 heteroatoms. The van der Waals surface area contributed by atoms with Gasteiger partial charge in [-0.25, -0.2) is 5.43 Å². The fraction of sp³-hybridized carbons (Fsp3) is 0.333. The highest BCUT2D eigenvalue weighted by atomic mass is 15.3. The maximum atomic E-state index is 6.95. The van der Waals surface area contributed by atoms with Crippen LogP contribution in [0.3, 0.4) is 0 Å². The standard InChI is InChI=1S/C12H18N4/c1-9(2)6-10-4-3-5-11(7-10)8-15-16-12(13)14/h3-5,7-9H,6H2,1-2H3,(H4,13,14,16)/b15-8+. The SMILES string of the molecule is CC(C)Cc1cccc(/C=N/NC(=N)N)c1. The van der Waals surface area contributed by atoms with Crippen molar-refractivity contribution in [2.75, 3.05) is 0 Å². The Bertz CT molecular complexity index is 382. The Hall–Kier alpha value is -1.84. The van der Waals surface area contributed by atoms with Crippen molar-refractivity contribution < 1.29 is 0 Å². The quantitative estimate of drug-likeness (QED) is 0.409. The Morgan fingerprint density at radius 2 is 2.31 bits per heavy atom. The molecule has 0 atom stereocenters. The van der Waals surface area contributed by atoms with Crippen molar-refractivity contribution in [3.8, 4) is 0 Å². The Morgan fingerprint density at radius 3 is 2.94 bits per heavy atom. The first-order valence-electron chi connectivity index (χ1n) is 5.30. The lowest BCUT2D eigenvalue weighted by Gasteiger charge is -2.05. The lowest BCUT2D eigenvalue weighted by molar-refractivity contribution is 0.647. The van der Waals surface area contributed by atoms with Crippen molar-refractivity contribution >= 4 is 12.2 Å². The fourth-order valence-electron chi connectivity index (χ4n) is 1.45. The Balaban J connectivity index is 2.67. The molecule has 16 heavy (non-hydrogen) atoms. The van der Waals surface area contributed by atoms with Crippen LogP contribution in [0, 0.1) is 11.3 Å². The van der Waals surface area contributed by atoms with Gasteiger partial charge in [-0.3, -0.25) is 5.41 Å². The highest BCUT2D eigenvalue weighted by Crippen LogP contribution is 2.09. The molecule has 0 saturated heterocycles. The van der Waals surface area contributed by atoms with Crippen molar-refractivity contribution in [2.45, 2.75) is 20.3 Å². The van der Waals surface area contributed by atoms with E-state index in [1.807, 2.05) is 12.1 Å². The van der Waals surface area contributed by atoms with E-state index in [-0.39, 0.29) is 5.96 Å². The van der Waals surface area contributed by atoms with Crippen LogP contribution in [-0.2, 0) is 6.42 Å². The molecule has 4 nitrogen and oxygen atoms in total. The number of hydrogen-bond acceptors (Lipinski definition) is 2. The number of rotatable bonds is 4. The molecular weight excluding hydrogens is 200 g/mol. The molecule has 0 radical (unpaired) electrons. The van der Waals surface area contributed by atoms with Gasteiger partial charge < -0.3 is 5.73 Å². The predicted molar refractivity (Wildman–Crippen MR) is 67.6 cm³/mol. The summed E-state index contributed by atoms with van der Waals surface area (Å²) in [6, 6.07) is 8.17. The second-order valence-electron chi connectivity index (χ2n) is 4.13. The number of nitrogens with one attached hydrogen (secondary N) is 2. The summed E-state index contributed by atoms with van der Waals surface area (Å²) in [5, 5.41) is 10.8. The first-order valence-corrected chi connectivity index (χ1v) is 5.30. The summed E-state index contributed by atoms with van der Waals surface area (Å²) >= 11 is 0. The maximum absolute atomic E-state index is 6.95. The van der Waals surface area contributed by atoms with Gasteiger partial charge in [0.25, 0.3) is 0 Å². The first-order chi connectivity index (χ1) is 7.58. The molecule has 0 aliphatic heterocycles. The molecule has 0 fully saturated rings. The van der Waals surface area contributed by atoms with Gasteiger partial charge in [-0.2, -0.15) is 5.10 Å². The van der Waals surface area contributed by atoms with Crippen LogP contribution in [-0.4, -0.2) is 12.2 Å². The maximum Gasteiger partial charge on any atom is 0.206 e. The summed E-state index contributed by atoms with van der Waals surface area (Å²) in [6.45, 7) is 4.39. The largest absolute Gasteiger partial charge is 0.369 e. The predicted octanol–water partition coefficient (Wildman–Crippen LogP) is 1.70. The third kappa shape index (κ3) is 4.59. The van der Waals surface area contributed by atoms with Crippen LogP contribution < -0.4 is 11.2 Å². The van der Waals surface area contributed by atoms with E-state index in [4.69, 9.17) is 11.1 Å². The van der Waals surface area contributed by atoms with Crippen molar-refractivity contribution in [2.24, 2.45) is 16.8 Å². The van der Waals surface area contributed by atoms with E-state index in [9.17, 15) is 0 Å². The average molecular weight is 218 g/mol. The molecule has 0 unspecified atom stereocenters. The molecule has 86 valence electrons. The topological polar surface area (TPSA) is 74.3 Å². The molecule has 0 aliphatic carbocycles. The summed E-state index contributed by atoms with van der Waals surface area (Å²) < 4.78 is 0. The summed E-state index contributed by atoms with van der Waals surface area (Å²) in [5.41, 5.74) is 9.80. The van der Waals surface area contributed by atoms with Crippen LogP contribution in [0.2, 0.25) is 0 Å². The second kappa shape index (κ2) is 5.90. The fourth-order valence-corrected chi connectivity index (χ4v) is 1.45. The minimum Gasteiger partial charge on any atom is -0.369 e. The molecule has 0 saturated carbocycles. The van der Waals surface area contributed by atoms with E-state index in [0.29, 0.717) is 5.92 Å². The summed E-state index contributed by atoms with van der Waals surface area (Å²) in [5.74, 6) is 0.483. The Labute approximate surface area is 96.1 Å².